The van der Waals surface area contributed by atoms with Crippen LogP contribution >= 0.6 is 11.3 Å². The SMILES string of the molecule is CCOC1CCC(N=C/C(NC(=O)c2csc(-c3cnn(C(=O)NCCCN4CCOCC4)c3)n2)=C(\N)c2nc(F)ccc2F)CC1. The lowest BCUT2D eigenvalue weighted by Gasteiger charge is -2.26. The number of rotatable bonds is 12. The van der Waals surface area contributed by atoms with Crippen LogP contribution < -0.4 is 16.4 Å². The van der Waals surface area contributed by atoms with Gasteiger partial charge in [0.05, 0.1) is 43.0 Å². The summed E-state index contributed by atoms with van der Waals surface area (Å²) in [5, 5.41) is 11.6. The molecule has 4 N–H and O–H groups in total. The number of carbonyl (C=O) groups is 2. The minimum absolute atomic E-state index is 0.0356. The van der Waals surface area contributed by atoms with Crippen molar-refractivity contribution >= 4 is 35.2 Å². The lowest BCUT2D eigenvalue weighted by molar-refractivity contribution is 0.0335. The number of ether oxygens (including phenoxy) is 2. The lowest BCUT2D eigenvalue weighted by Crippen LogP contribution is -2.38. The molecular weight excluding hydrogens is 632 g/mol. The second-order valence-electron chi connectivity index (χ2n) is 11.2. The number of nitrogens with one attached hydrogen (secondary N) is 2. The molecule has 0 bridgehead atoms. The number of carbonyl (C=O) groups excluding carboxylic acids is 2. The van der Waals surface area contributed by atoms with E-state index in [1.54, 1.807) is 0 Å². The normalized spacial score (nSPS) is 19.5. The first-order chi connectivity index (χ1) is 22.8. The summed E-state index contributed by atoms with van der Waals surface area (Å²) >= 11 is 1.18. The third-order valence-corrected chi connectivity index (χ3v) is 8.76. The molecule has 2 aliphatic rings. The van der Waals surface area contributed by atoms with Crippen LogP contribution in [0.1, 0.15) is 55.2 Å². The minimum atomic E-state index is -0.924. The lowest BCUT2D eigenvalue weighted by atomic mass is 9.93. The average Bonchev–Trinajstić information content (AvgIpc) is 3.78. The van der Waals surface area contributed by atoms with Gasteiger partial charge in [-0.2, -0.15) is 14.2 Å². The third kappa shape index (κ3) is 9.47. The molecular formula is C31H39F2N9O4S. The second-order valence-corrected chi connectivity index (χ2v) is 12.0. The third-order valence-electron chi connectivity index (χ3n) is 7.87. The van der Waals surface area contributed by atoms with Crippen LogP contribution in [0.15, 0.2) is 40.6 Å². The van der Waals surface area contributed by atoms with E-state index in [1.165, 1.54) is 40.0 Å². The van der Waals surface area contributed by atoms with E-state index in [0.717, 1.165) is 77.1 Å². The van der Waals surface area contributed by atoms with Crippen molar-refractivity contribution in [3.05, 3.63) is 58.8 Å². The van der Waals surface area contributed by atoms with Crippen LogP contribution in [0.25, 0.3) is 16.3 Å². The largest absolute Gasteiger partial charge is 0.395 e. The molecule has 3 aromatic heterocycles. The molecule has 1 saturated heterocycles. The van der Waals surface area contributed by atoms with Crippen LogP contribution in [0, 0.1) is 11.8 Å². The molecule has 2 amide bonds. The van der Waals surface area contributed by atoms with Gasteiger partial charge in [0, 0.05) is 49.6 Å². The summed E-state index contributed by atoms with van der Waals surface area (Å²) in [7, 11) is 0. The zero-order valence-corrected chi connectivity index (χ0v) is 27.0. The molecule has 0 spiro atoms. The number of aliphatic imine (C=N–C) groups is 1. The van der Waals surface area contributed by atoms with Gasteiger partial charge in [-0.25, -0.2) is 19.2 Å². The number of morpholine rings is 1. The Balaban J connectivity index is 1.24. The molecule has 252 valence electrons. The quantitative estimate of drug-likeness (QED) is 0.149. The van der Waals surface area contributed by atoms with Crippen molar-refractivity contribution in [2.24, 2.45) is 10.7 Å². The van der Waals surface area contributed by atoms with Crippen LogP contribution in [0.5, 0.6) is 0 Å². The standard InChI is InChI=1S/C31H39F2N9O4S/c1-2-46-22-6-4-21(5-7-22)36-17-24(27(34)28-23(32)8-9-26(33)40-28)38-29(43)25-19-47-30(39-25)20-16-37-42(18-20)31(44)35-10-3-11-41-12-14-45-15-13-41/h8-9,16-19,21-22H,2-7,10-15,34H2,1H3,(H,35,44)(H,38,43)/b27-24+,36-17?. The predicted molar refractivity (Wildman–Crippen MR) is 173 cm³/mol. The molecule has 1 saturated carbocycles. The average molecular weight is 672 g/mol. The maximum Gasteiger partial charge on any atom is 0.342 e. The van der Waals surface area contributed by atoms with Crippen LogP contribution in [0.4, 0.5) is 13.6 Å². The Morgan fingerprint density at radius 1 is 1.19 bits per heavy atom. The molecule has 0 aromatic carbocycles. The number of hydrogen-bond acceptors (Lipinski definition) is 11. The van der Waals surface area contributed by atoms with Crippen molar-refractivity contribution < 1.29 is 27.8 Å². The van der Waals surface area contributed by atoms with E-state index < -0.39 is 23.4 Å². The Morgan fingerprint density at radius 3 is 2.74 bits per heavy atom. The van der Waals surface area contributed by atoms with Crippen molar-refractivity contribution in [1.29, 1.82) is 0 Å². The van der Waals surface area contributed by atoms with Gasteiger partial charge in [-0.3, -0.25) is 14.7 Å². The first-order valence-corrected chi connectivity index (χ1v) is 16.6. The van der Waals surface area contributed by atoms with Crippen LogP contribution in [-0.2, 0) is 9.47 Å². The Bertz CT molecular complexity index is 1580. The highest BCUT2D eigenvalue weighted by atomic mass is 32.1. The topological polar surface area (TPSA) is 162 Å². The highest BCUT2D eigenvalue weighted by Gasteiger charge is 2.22. The molecule has 2 fully saturated rings. The van der Waals surface area contributed by atoms with Crippen molar-refractivity contribution in [1.82, 2.24) is 35.3 Å². The maximum atomic E-state index is 14.6. The van der Waals surface area contributed by atoms with Gasteiger partial charge < -0.3 is 25.8 Å². The van der Waals surface area contributed by atoms with Crippen molar-refractivity contribution in [2.45, 2.75) is 51.2 Å². The number of pyridine rings is 1. The molecule has 1 aliphatic heterocycles. The predicted octanol–water partition coefficient (Wildman–Crippen LogP) is 3.44. The van der Waals surface area contributed by atoms with Gasteiger partial charge in [-0.05, 0) is 57.7 Å². The first kappa shape index (κ1) is 34.2. The van der Waals surface area contributed by atoms with Gasteiger partial charge in [0.2, 0.25) is 5.95 Å². The van der Waals surface area contributed by atoms with Crippen LogP contribution in [0.3, 0.4) is 0 Å². The van der Waals surface area contributed by atoms with Gasteiger partial charge in [0.1, 0.15) is 16.4 Å². The van der Waals surface area contributed by atoms with E-state index in [1.807, 2.05) is 6.92 Å². The zero-order valence-electron chi connectivity index (χ0n) is 26.2. The molecule has 0 atom stereocenters. The van der Waals surface area contributed by atoms with E-state index >= 15 is 0 Å². The van der Waals surface area contributed by atoms with Crippen molar-refractivity contribution in [3.63, 3.8) is 0 Å². The number of amides is 2. The number of aromatic nitrogens is 4. The summed E-state index contributed by atoms with van der Waals surface area (Å²) in [6.07, 6.45) is 8.58. The summed E-state index contributed by atoms with van der Waals surface area (Å²) in [4.78, 5) is 40.8. The van der Waals surface area contributed by atoms with Gasteiger partial charge in [0.25, 0.3) is 5.91 Å². The summed E-state index contributed by atoms with van der Waals surface area (Å²) in [6.45, 7) is 7.21. The van der Waals surface area contributed by atoms with E-state index in [-0.39, 0.29) is 35.3 Å². The van der Waals surface area contributed by atoms with Crippen molar-refractivity contribution in [3.8, 4) is 10.6 Å². The maximum absolute atomic E-state index is 14.6. The molecule has 3 aromatic rings. The zero-order chi connectivity index (χ0) is 33.2. The number of thiazole rings is 1. The Kier molecular flexibility index (Phi) is 12.1. The number of allylic oxidation sites excluding steroid dienone is 1. The molecule has 0 radical (unpaired) electrons. The Hall–Kier alpha value is -4.12. The van der Waals surface area contributed by atoms with Gasteiger partial charge >= 0.3 is 6.03 Å². The van der Waals surface area contributed by atoms with Gasteiger partial charge in [-0.1, -0.05) is 0 Å². The molecule has 0 unspecified atom stereocenters. The Morgan fingerprint density at radius 2 is 1.98 bits per heavy atom. The molecule has 47 heavy (non-hydrogen) atoms. The smallest absolute Gasteiger partial charge is 0.342 e. The fraction of sp³-hybridized carbons (Fsp3) is 0.484. The van der Waals surface area contributed by atoms with E-state index in [2.05, 4.69) is 35.6 Å². The minimum Gasteiger partial charge on any atom is -0.395 e. The fourth-order valence-corrected chi connectivity index (χ4v) is 6.10. The highest BCUT2D eigenvalue weighted by molar-refractivity contribution is 7.13. The van der Waals surface area contributed by atoms with Gasteiger partial charge in [-0.15, -0.1) is 11.3 Å². The summed E-state index contributed by atoms with van der Waals surface area (Å²) in [5.74, 6) is -2.41. The number of halogens is 2. The Labute approximate surface area is 275 Å². The van der Waals surface area contributed by atoms with E-state index in [4.69, 9.17) is 15.2 Å². The van der Waals surface area contributed by atoms with E-state index in [9.17, 15) is 18.4 Å². The molecule has 13 nitrogen and oxygen atoms in total. The number of hydrogen-bond donors (Lipinski definition) is 3. The fourth-order valence-electron chi connectivity index (χ4n) is 5.33. The van der Waals surface area contributed by atoms with Crippen LogP contribution in [-0.4, -0.2) is 101 Å². The van der Waals surface area contributed by atoms with Crippen LogP contribution in [0.2, 0.25) is 0 Å². The molecule has 4 heterocycles. The first-order valence-electron chi connectivity index (χ1n) is 15.7. The summed E-state index contributed by atoms with van der Waals surface area (Å²) in [5.41, 5.74) is 6.06. The molecule has 5 rings (SSSR count). The number of nitrogens with two attached hydrogens (primary N) is 1. The monoisotopic (exact) mass is 671 g/mol. The van der Waals surface area contributed by atoms with Crippen molar-refractivity contribution in [2.75, 3.05) is 46.0 Å². The highest BCUT2D eigenvalue weighted by Crippen LogP contribution is 2.25. The molecule has 16 heteroatoms. The van der Waals surface area contributed by atoms with Gasteiger partial charge in [0.15, 0.2) is 5.82 Å². The number of nitrogens with zero attached hydrogens (tertiary/aromatic N) is 6. The van der Waals surface area contributed by atoms with E-state index in [0.29, 0.717) is 23.7 Å². The summed E-state index contributed by atoms with van der Waals surface area (Å²) < 4.78 is 40.7. The second kappa shape index (κ2) is 16.6. The molecule has 1 aliphatic carbocycles. The summed E-state index contributed by atoms with van der Waals surface area (Å²) in [6, 6.07) is 1.36.